The molecular weight excluding hydrogens is 292 g/mol. The van der Waals surface area contributed by atoms with Crippen LogP contribution in [-0.2, 0) is 14.8 Å². The number of benzene rings is 1. The highest BCUT2D eigenvalue weighted by atomic mass is 32.2. The summed E-state index contributed by atoms with van der Waals surface area (Å²) in [6, 6.07) is 6.41. The first-order valence-corrected chi connectivity index (χ1v) is 8.34. The van der Waals surface area contributed by atoms with Crippen molar-refractivity contribution in [2.45, 2.75) is 38.1 Å². The van der Waals surface area contributed by atoms with E-state index in [0.717, 1.165) is 0 Å². The molecule has 0 saturated heterocycles. The van der Waals surface area contributed by atoms with Crippen LogP contribution in [0.1, 0.15) is 27.2 Å². The molecule has 21 heavy (non-hydrogen) atoms. The quantitative estimate of drug-likeness (QED) is 0.762. The van der Waals surface area contributed by atoms with E-state index in [2.05, 4.69) is 4.72 Å². The van der Waals surface area contributed by atoms with Crippen LogP contribution in [0.15, 0.2) is 29.2 Å². The highest BCUT2D eigenvalue weighted by Crippen LogP contribution is 2.25. The summed E-state index contributed by atoms with van der Waals surface area (Å²) in [6.07, 6.45) is -0.0418. The fourth-order valence-electron chi connectivity index (χ4n) is 2.00. The van der Waals surface area contributed by atoms with Gasteiger partial charge in [0.15, 0.2) is 0 Å². The Morgan fingerprint density at radius 3 is 2.48 bits per heavy atom. The van der Waals surface area contributed by atoms with Crippen molar-refractivity contribution in [3.8, 4) is 0 Å². The molecule has 0 amide bonds. The average molecular weight is 314 g/mol. The molecule has 0 radical (unpaired) electrons. The summed E-state index contributed by atoms with van der Waals surface area (Å²) < 4.78 is 27.3. The van der Waals surface area contributed by atoms with Gasteiger partial charge >= 0.3 is 5.97 Å². The normalized spacial score (nSPS) is 11.6. The molecule has 0 fully saturated rings. The molecule has 0 aliphatic carbocycles. The highest BCUT2D eigenvalue weighted by Gasteiger charge is 2.22. The summed E-state index contributed by atoms with van der Waals surface area (Å²) in [6.45, 7) is 6.16. The van der Waals surface area contributed by atoms with Gasteiger partial charge in [0.1, 0.15) is 4.90 Å². The molecule has 0 unspecified atom stereocenters. The van der Waals surface area contributed by atoms with E-state index in [0.29, 0.717) is 12.2 Å². The van der Waals surface area contributed by atoms with Crippen LogP contribution >= 0.6 is 0 Å². The molecule has 0 saturated carbocycles. The molecule has 1 rings (SSSR count). The molecule has 118 valence electrons. The molecule has 2 N–H and O–H groups in total. The second-order valence-corrected chi connectivity index (χ2v) is 6.65. The molecule has 0 spiro atoms. The van der Waals surface area contributed by atoms with Gasteiger partial charge in [0.25, 0.3) is 0 Å². The second kappa shape index (κ2) is 7.42. The zero-order valence-electron chi connectivity index (χ0n) is 12.5. The van der Waals surface area contributed by atoms with Crippen LogP contribution in [0.25, 0.3) is 0 Å². The van der Waals surface area contributed by atoms with Crippen molar-refractivity contribution in [3.05, 3.63) is 24.3 Å². The SMILES string of the molecule is CCN(CCC(=O)O)c1ccccc1S(=O)(=O)NC(C)C. The second-order valence-electron chi connectivity index (χ2n) is 4.97. The van der Waals surface area contributed by atoms with Crippen molar-refractivity contribution in [2.24, 2.45) is 0 Å². The average Bonchev–Trinajstić information content (AvgIpc) is 2.38. The van der Waals surface area contributed by atoms with Gasteiger partial charge in [0, 0.05) is 19.1 Å². The third kappa shape index (κ3) is 5.02. The number of carboxylic acid groups (broad SMARTS) is 1. The smallest absolute Gasteiger partial charge is 0.305 e. The summed E-state index contributed by atoms with van der Waals surface area (Å²) in [4.78, 5) is 12.6. The number of nitrogens with zero attached hydrogens (tertiary/aromatic N) is 1. The Hall–Kier alpha value is -1.60. The molecular formula is C14H22N2O4S. The fraction of sp³-hybridized carbons (Fsp3) is 0.500. The Bertz CT molecular complexity index is 584. The molecule has 6 nitrogen and oxygen atoms in total. The van der Waals surface area contributed by atoms with Crippen LogP contribution in [0.2, 0.25) is 0 Å². The van der Waals surface area contributed by atoms with Gasteiger partial charge in [0.2, 0.25) is 10.0 Å². The van der Waals surface area contributed by atoms with Crippen molar-refractivity contribution < 1.29 is 18.3 Å². The lowest BCUT2D eigenvalue weighted by Gasteiger charge is -2.25. The number of para-hydroxylation sites is 1. The van der Waals surface area contributed by atoms with Crippen molar-refractivity contribution in [1.82, 2.24) is 4.72 Å². The van der Waals surface area contributed by atoms with E-state index in [4.69, 9.17) is 5.11 Å². The van der Waals surface area contributed by atoms with E-state index in [1.165, 1.54) is 6.07 Å². The Kier molecular flexibility index (Phi) is 6.17. The molecule has 0 aliphatic heterocycles. The Labute approximate surface area is 125 Å². The molecule has 1 aromatic carbocycles. The van der Waals surface area contributed by atoms with Gasteiger partial charge in [-0.2, -0.15) is 0 Å². The van der Waals surface area contributed by atoms with Gasteiger partial charge in [0.05, 0.1) is 12.1 Å². The number of anilines is 1. The van der Waals surface area contributed by atoms with Crippen LogP contribution < -0.4 is 9.62 Å². The van der Waals surface area contributed by atoms with E-state index in [1.807, 2.05) is 6.92 Å². The number of carbonyl (C=O) groups is 1. The van der Waals surface area contributed by atoms with E-state index in [1.54, 1.807) is 36.9 Å². The van der Waals surface area contributed by atoms with Crippen LogP contribution in [-0.4, -0.2) is 38.6 Å². The van der Waals surface area contributed by atoms with Gasteiger partial charge in [-0.1, -0.05) is 12.1 Å². The number of rotatable bonds is 8. The number of nitrogens with one attached hydrogen (secondary N) is 1. The van der Waals surface area contributed by atoms with Crippen LogP contribution in [0.4, 0.5) is 5.69 Å². The molecule has 0 aliphatic rings. The minimum atomic E-state index is -3.62. The van der Waals surface area contributed by atoms with Gasteiger partial charge in [-0.3, -0.25) is 4.79 Å². The molecule has 0 aromatic heterocycles. The summed E-state index contributed by atoms with van der Waals surface area (Å²) in [7, 11) is -3.62. The standard InChI is InChI=1S/C14H22N2O4S/c1-4-16(10-9-14(17)18)12-7-5-6-8-13(12)21(19,20)15-11(2)3/h5-8,11,15H,4,9-10H2,1-3H3,(H,17,18). The fourth-order valence-corrected chi connectivity index (χ4v) is 3.48. The Balaban J connectivity index is 3.16. The van der Waals surface area contributed by atoms with E-state index in [9.17, 15) is 13.2 Å². The van der Waals surface area contributed by atoms with Gasteiger partial charge in [-0.25, -0.2) is 13.1 Å². The third-order valence-electron chi connectivity index (χ3n) is 2.86. The molecule has 0 bridgehead atoms. The Morgan fingerprint density at radius 1 is 1.33 bits per heavy atom. The molecule has 1 aromatic rings. The minimum Gasteiger partial charge on any atom is -0.481 e. The van der Waals surface area contributed by atoms with Gasteiger partial charge in [-0.15, -0.1) is 0 Å². The maximum Gasteiger partial charge on any atom is 0.305 e. The third-order valence-corrected chi connectivity index (χ3v) is 4.57. The maximum atomic E-state index is 12.4. The van der Waals surface area contributed by atoms with Crippen molar-refractivity contribution >= 4 is 21.7 Å². The monoisotopic (exact) mass is 314 g/mol. The van der Waals surface area contributed by atoms with Gasteiger partial charge in [-0.05, 0) is 32.9 Å². The number of hydrogen-bond donors (Lipinski definition) is 2. The van der Waals surface area contributed by atoms with Crippen LogP contribution in [0.5, 0.6) is 0 Å². The predicted octanol–water partition coefficient (Wildman–Crippen LogP) is 1.67. The highest BCUT2D eigenvalue weighted by molar-refractivity contribution is 7.89. The topological polar surface area (TPSA) is 86.7 Å². The first-order valence-electron chi connectivity index (χ1n) is 6.86. The molecule has 0 atom stereocenters. The number of sulfonamides is 1. The lowest BCUT2D eigenvalue weighted by molar-refractivity contribution is -0.136. The van der Waals surface area contributed by atoms with Gasteiger partial charge < -0.3 is 10.0 Å². The van der Waals surface area contributed by atoms with Crippen molar-refractivity contribution in [1.29, 1.82) is 0 Å². The van der Waals surface area contributed by atoms with Crippen molar-refractivity contribution in [2.75, 3.05) is 18.0 Å². The first-order chi connectivity index (χ1) is 9.77. The van der Waals surface area contributed by atoms with Crippen LogP contribution in [0, 0.1) is 0 Å². The number of aliphatic carboxylic acids is 1. The lowest BCUT2D eigenvalue weighted by Crippen LogP contribution is -2.33. The summed E-state index contributed by atoms with van der Waals surface area (Å²) in [5, 5.41) is 8.80. The molecule has 7 heteroatoms. The van der Waals surface area contributed by atoms with E-state index < -0.39 is 16.0 Å². The van der Waals surface area contributed by atoms with Crippen LogP contribution in [0.3, 0.4) is 0 Å². The summed E-state index contributed by atoms with van der Waals surface area (Å²) in [5.74, 6) is -0.908. The predicted molar refractivity (Wildman–Crippen MR) is 82.0 cm³/mol. The zero-order chi connectivity index (χ0) is 16.0. The number of hydrogen-bond acceptors (Lipinski definition) is 4. The number of carboxylic acids is 1. The minimum absolute atomic E-state index is 0.0418. The van der Waals surface area contributed by atoms with E-state index >= 15 is 0 Å². The summed E-state index contributed by atoms with van der Waals surface area (Å²) >= 11 is 0. The molecule has 0 heterocycles. The first kappa shape index (κ1) is 17.5. The largest absolute Gasteiger partial charge is 0.481 e. The maximum absolute atomic E-state index is 12.4. The summed E-state index contributed by atoms with van der Waals surface area (Å²) in [5.41, 5.74) is 0.523. The zero-order valence-corrected chi connectivity index (χ0v) is 13.4. The lowest BCUT2D eigenvalue weighted by atomic mass is 10.2. The van der Waals surface area contributed by atoms with Crippen molar-refractivity contribution in [3.63, 3.8) is 0 Å². The Morgan fingerprint density at radius 2 is 1.95 bits per heavy atom. The van der Waals surface area contributed by atoms with E-state index in [-0.39, 0.29) is 23.9 Å².